The topological polar surface area (TPSA) is 28.4 Å². The van der Waals surface area contributed by atoms with Crippen LogP contribution in [-0.2, 0) is 13.1 Å². The molecule has 3 heteroatoms. The first-order valence-electron chi connectivity index (χ1n) is 8.48. The molecule has 2 atom stereocenters. The van der Waals surface area contributed by atoms with E-state index in [2.05, 4.69) is 50.9 Å². The molecule has 2 rings (SSSR count). The zero-order valence-electron chi connectivity index (χ0n) is 14.4. The summed E-state index contributed by atoms with van der Waals surface area (Å²) in [6, 6.07) is 2.94. The number of hydrogen-bond acceptors (Lipinski definition) is 3. The quantitative estimate of drug-likeness (QED) is 0.860. The maximum absolute atomic E-state index is 5.91. The van der Waals surface area contributed by atoms with Gasteiger partial charge in [0.2, 0.25) is 0 Å². The van der Waals surface area contributed by atoms with Gasteiger partial charge in [-0.3, -0.25) is 4.90 Å². The molecule has 120 valence electrons. The highest BCUT2D eigenvalue weighted by atomic mass is 16.3. The van der Waals surface area contributed by atoms with Crippen molar-refractivity contribution in [1.82, 2.24) is 10.2 Å². The number of rotatable bonds is 6. The van der Waals surface area contributed by atoms with E-state index in [0.29, 0.717) is 12.0 Å². The molecular weight excluding hydrogens is 260 g/mol. The van der Waals surface area contributed by atoms with Gasteiger partial charge in [-0.25, -0.2) is 0 Å². The van der Waals surface area contributed by atoms with Crippen molar-refractivity contribution in [2.75, 3.05) is 13.1 Å². The number of aryl methyl sites for hydroxylation is 1. The third-order valence-corrected chi connectivity index (χ3v) is 4.54. The standard InChI is InChI=1S/C18H32N2O/c1-13(2)9-19-10-18-8-17(16(5)21-18)12-20-11-14(3)6-7-15(20)4/h8,13-15,19H,6-7,9-12H2,1-5H3. The highest BCUT2D eigenvalue weighted by molar-refractivity contribution is 5.21. The highest BCUT2D eigenvalue weighted by Crippen LogP contribution is 2.25. The molecule has 1 N–H and O–H groups in total. The van der Waals surface area contributed by atoms with Crippen LogP contribution in [0.1, 0.15) is 57.6 Å². The molecule has 3 nitrogen and oxygen atoms in total. The normalized spacial score (nSPS) is 23.9. The van der Waals surface area contributed by atoms with Gasteiger partial charge in [-0.2, -0.15) is 0 Å². The Morgan fingerprint density at radius 3 is 2.81 bits per heavy atom. The van der Waals surface area contributed by atoms with Crippen LogP contribution in [0.3, 0.4) is 0 Å². The number of furan rings is 1. The van der Waals surface area contributed by atoms with E-state index in [0.717, 1.165) is 37.1 Å². The molecule has 1 fully saturated rings. The molecule has 0 saturated carbocycles. The molecule has 0 radical (unpaired) electrons. The Balaban J connectivity index is 1.92. The fraction of sp³-hybridized carbons (Fsp3) is 0.778. The van der Waals surface area contributed by atoms with Gasteiger partial charge in [0.05, 0.1) is 6.54 Å². The van der Waals surface area contributed by atoms with E-state index >= 15 is 0 Å². The van der Waals surface area contributed by atoms with Crippen LogP contribution in [0.2, 0.25) is 0 Å². The van der Waals surface area contributed by atoms with E-state index in [1.54, 1.807) is 0 Å². The second kappa shape index (κ2) is 7.46. The Hall–Kier alpha value is -0.800. The molecule has 0 aliphatic carbocycles. The fourth-order valence-electron chi connectivity index (χ4n) is 3.13. The number of likely N-dealkylation sites (tertiary alicyclic amines) is 1. The first-order chi connectivity index (χ1) is 9.95. The van der Waals surface area contributed by atoms with E-state index in [9.17, 15) is 0 Å². The highest BCUT2D eigenvalue weighted by Gasteiger charge is 2.24. The number of hydrogen-bond donors (Lipinski definition) is 1. The van der Waals surface area contributed by atoms with Gasteiger partial charge in [-0.1, -0.05) is 20.8 Å². The van der Waals surface area contributed by atoms with Crippen molar-refractivity contribution in [3.63, 3.8) is 0 Å². The van der Waals surface area contributed by atoms with Crippen molar-refractivity contribution < 1.29 is 4.42 Å². The van der Waals surface area contributed by atoms with Crippen LogP contribution in [0, 0.1) is 18.8 Å². The molecule has 1 aromatic heterocycles. The van der Waals surface area contributed by atoms with Crippen LogP contribution < -0.4 is 5.32 Å². The lowest BCUT2D eigenvalue weighted by Gasteiger charge is -2.36. The van der Waals surface area contributed by atoms with Gasteiger partial charge >= 0.3 is 0 Å². The Morgan fingerprint density at radius 2 is 2.10 bits per heavy atom. The maximum Gasteiger partial charge on any atom is 0.118 e. The van der Waals surface area contributed by atoms with Gasteiger partial charge in [0, 0.05) is 24.7 Å². The molecule has 1 saturated heterocycles. The van der Waals surface area contributed by atoms with Gasteiger partial charge < -0.3 is 9.73 Å². The number of piperidine rings is 1. The molecule has 2 unspecified atom stereocenters. The van der Waals surface area contributed by atoms with Crippen molar-refractivity contribution >= 4 is 0 Å². The molecule has 0 amide bonds. The zero-order chi connectivity index (χ0) is 15.4. The summed E-state index contributed by atoms with van der Waals surface area (Å²) in [5.74, 6) is 3.65. The van der Waals surface area contributed by atoms with Crippen molar-refractivity contribution in [2.45, 2.75) is 66.6 Å². The van der Waals surface area contributed by atoms with E-state index in [-0.39, 0.29) is 0 Å². The monoisotopic (exact) mass is 292 g/mol. The van der Waals surface area contributed by atoms with Gasteiger partial charge in [0.25, 0.3) is 0 Å². The summed E-state index contributed by atoms with van der Waals surface area (Å²) < 4.78 is 5.91. The van der Waals surface area contributed by atoms with Crippen LogP contribution in [-0.4, -0.2) is 24.0 Å². The summed E-state index contributed by atoms with van der Waals surface area (Å²) in [4.78, 5) is 2.61. The van der Waals surface area contributed by atoms with E-state index < -0.39 is 0 Å². The number of nitrogens with zero attached hydrogens (tertiary/aromatic N) is 1. The summed E-state index contributed by atoms with van der Waals surface area (Å²) >= 11 is 0. The van der Waals surface area contributed by atoms with Crippen LogP contribution in [0.5, 0.6) is 0 Å². The van der Waals surface area contributed by atoms with Gasteiger partial charge in [0.1, 0.15) is 11.5 Å². The average Bonchev–Trinajstić information content (AvgIpc) is 2.74. The summed E-state index contributed by atoms with van der Waals surface area (Å²) in [5, 5.41) is 3.45. The number of nitrogens with one attached hydrogen (secondary N) is 1. The van der Waals surface area contributed by atoms with Crippen molar-refractivity contribution in [3.05, 3.63) is 23.2 Å². The Bertz CT molecular complexity index is 438. The lowest BCUT2D eigenvalue weighted by atomic mass is 9.94. The summed E-state index contributed by atoms with van der Waals surface area (Å²) in [5.41, 5.74) is 1.36. The molecule has 2 heterocycles. The first-order valence-corrected chi connectivity index (χ1v) is 8.48. The molecular formula is C18H32N2O. The van der Waals surface area contributed by atoms with E-state index in [1.165, 1.54) is 24.9 Å². The van der Waals surface area contributed by atoms with Crippen LogP contribution in [0.15, 0.2) is 10.5 Å². The molecule has 0 aromatic carbocycles. The van der Waals surface area contributed by atoms with Crippen molar-refractivity contribution in [2.24, 2.45) is 11.8 Å². The molecule has 0 bridgehead atoms. The Kier molecular flexibility index (Phi) is 5.88. The summed E-state index contributed by atoms with van der Waals surface area (Å²) in [7, 11) is 0. The molecule has 1 aliphatic rings. The fourth-order valence-corrected chi connectivity index (χ4v) is 3.13. The Labute approximate surface area is 130 Å². The smallest absolute Gasteiger partial charge is 0.118 e. The lowest BCUT2D eigenvalue weighted by molar-refractivity contribution is 0.117. The minimum atomic E-state index is 0.677. The van der Waals surface area contributed by atoms with E-state index in [4.69, 9.17) is 4.42 Å². The molecule has 1 aliphatic heterocycles. The predicted molar refractivity (Wildman–Crippen MR) is 88.3 cm³/mol. The van der Waals surface area contributed by atoms with Crippen molar-refractivity contribution in [1.29, 1.82) is 0 Å². The Morgan fingerprint density at radius 1 is 1.33 bits per heavy atom. The minimum Gasteiger partial charge on any atom is -0.465 e. The van der Waals surface area contributed by atoms with Gasteiger partial charge in [-0.05, 0) is 51.1 Å². The van der Waals surface area contributed by atoms with Crippen LogP contribution >= 0.6 is 0 Å². The minimum absolute atomic E-state index is 0.677. The average molecular weight is 292 g/mol. The van der Waals surface area contributed by atoms with Crippen LogP contribution in [0.4, 0.5) is 0 Å². The summed E-state index contributed by atoms with van der Waals surface area (Å²) in [6.45, 7) is 15.4. The van der Waals surface area contributed by atoms with Gasteiger partial charge in [-0.15, -0.1) is 0 Å². The predicted octanol–water partition coefficient (Wildman–Crippen LogP) is 3.95. The summed E-state index contributed by atoms with van der Waals surface area (Å²) in [6.07, 6.45) is 2.69. The molecule has 21 heavy (non-hydrogen) atoms. The molecule has 1 aromatic rings. The second-order valence-corrected chi connectivity index (χ2v) is 7.28. The second-order valence-electron chi connectivity index (χ2n) is 7.28. The third kappa shape index (κ3) is 4.86. The third-order valence-electron chi connectivity index (χ3n) is 4.54. The molecule has 0 spiro atoms. The largest absolute Gasteiger partial charge is 0.465 e. The van der Waals surface area contributed by atoms with Crippen molar-refractivity contribution in [3.8, 4) is 0 Å². The maximum atomic E-state index is 5.91. The van der Waals surface area contributed by atoms with Crippen LogP contribution in [0.25, 0.3) is 0 Å². The first kappa shape index (κ1) is 16.6. The SMILES string of the molecule is Cc1oc(CNCC(C)C)cc1CN1CC(C)CCC1C. The van der Waals surface area contributed by atoms with E-state index in [1.807, 2.05) is 0 Å². The zero-order valence-corrected chi connectivity index (χ0v) is 14.4. The lowest BCUT2D eigenvalue weighted by Crippen LogP contribution is -2.40. The van der Waals surface area contributed by atoms with Gasteiger partial charge in [0.15, 0.2) is 0 Å².